The number of nitrogens with zero attached hydrogens (tertiary/aromatic N) is 2. The monoisotopic (exact) mass is 316 g/mol. The van der Waals surface area contributed by atoms with Crippen LogP contribution in [-0.4, -0.2) is 44.1 Å². The molecule has 0 saturated carbocycles. The minimum atomic E-state index is -3.44. The number of aromatic nitrogens is 1. The van der Waals surface area contributed by atoms with Gasteiger partial charge in [0.05, 0.1) is 4.90 Å². The number of hydrogen-bond donors (Lipinski definition) is 2. The predicted octanol–water partition coefficient (Wildman–Crippen LogP) is 0.977. The van der Waals surface area contributed by atoms with Gasteiger partial charge in [0.1, 0.15) is 0 Å². The van der Waals surface area contributed by atoms with Gasteiger partial charge in [-0.2, -0.15) is 0 Å². The zero-order valence-electron chi connectivity index (χ0n) is 13.3. The molecular formula is C14H28N4O2S. The molecule has 6 nitrogen and oxygen atoms in total. The maximum atomic E-state index is 12.2. The highest BCUT2D eigenvalue weighted by Gasteiger charge is 2.17. The molecular weight excluding hydrogens is 288 g/mol. The Hall–Kier alpha value is -0.890. The first-order valence-corrected chi connectivity index (χ1v) is 9.07. The molecule has 0 aliphatic carbocycles. The van der Waals surface area contributed by atoms with Crippen molar-refractivity contribution in [2.75, 3.05) is 26.2 Å². The number of sulfonamides is 1. The highest BCUT2D eigenvalue weighted by Crippen LogP contribution is 2.14. The van der Waals surface area contributed by atoms with Gasteiger partial charge in [0.15, 0.2) is 0 Å². The van der Waals surface area contributed by atoms with Crippen LogP contribution in [0.2, 0.25) is 0 Å². The second-order valence-corrected chi connectivity index (χ2v) is 6.70. The molecule has 1 heterocycles. The summed E-state index contributed by atoms with van der Waals surface area (Å²) in [5.74, 6) is 0. The lowest BCUT2D eigenvalue weighted by molar-refractivity contribution is 0.300. The Morgan fingerprint density at radius 3 is 2.43 bits per heavy atom. The molecule has 7 heteroatoms. The summed E-state index contributed by atoms with van der Waals surface area (Å²) in [6.45, 7) is 10.6. The van der Waals surface area contributed by atoms with Crippen LogP contribution in [0.25, 0.3) is 0 Å². The Bertz CT molecular complexity index is 500. The van der Waals surface area contributed by atoms with Crippen LogP contribution >= 0.6 is 0 Å². The van der Waals surface area contributed by atoms with Crippen molar-refractivity contribution in [1.82, 2.24) is 14.2 Å². The van der Waals surface area contributed by atoms with E-state index in [-0.39, 0.29) is 0 Å². The largest absolute Gasteiger partial charge is 0.349 e. The fraction of sp³-hybridized carbons (Fsp3) is 0.714. The molecule has 0 aliphatic rings. The molecule has 0 aromatic carbocycles. The van der Waals surface area contributed by atoms with E-state index in [0.717, 1.165) is 31.7 Å². The molecule has 1 rings (SSSR count). The lowest BCUT2D eigenvalue weighted by Crippen LogP contribution is -2.29. The lowest BCUT2D eigenvalue weighted by Gasteiger charge is -2.17. The van der Waals surface area contributed by atoms with E-state index in [4.69, 9.17) is 5.73 Å². The maximum Gasteiger partial charge on any atom is 0.242 e. The van der Waals surface area contributed by atoms with Gasteiger partial charge in [-0.3, -0.25) is 0 Å². The number of aryl methyl sites for hydroxylation is 1. The number of nitrogens with two attached hydrogens (primary N) is 1. The Kier molecular flexibility index (Phi) is 7.37. The van der Waals surface area contributed by atoms with Crippen LogP contribution in [0.15, 0.2) is 17.2 Å². The topological polar surface area (TPSA) is 80.4 Å². The Labute approximate surface area is 128 Å². The first-order chi connectivity index (χ1) is 9.98. The van der Waals surface area contributed by atoms with Crippen molar-refractivity contribution in [2.24, 2.45) is 5.73 Å². The summed E-state index contributed by atoms with van der Waals surface area (Å²) in [4.78, 5) is 2.57. The van der Waals surface area contributed by atoms with Crippen molar-refractivity contribution < 1.29 is 8.42 Å². The van der Waals surface area contributed by atoms with Gasteiger partial charge in [0.2, 0.25) is 10.0 Å². The molecule has 0 saturated heterocycles. The van der Waals surface area contributed by atoms with Crippen LogP contribution in [0, 0.1) is 0 Å². The summed E-state index contributed by atoms with van der Waals surface area (Å²) < 4.78 is 29.0. The Balaban J connectivity index is 2.59. The molecule has 0 amide bonds. The second-order valence-electron chi connectivity index (χ2n) is 4.94. The molecule has 3 N–H and O–H groups in total. The van der Waals surface area contributed by atoms with E-state index in [9.17, 15) is 8.42 Å². The summed E-state index contributed by atoms with van der Waals surface area (Å²) in [6, 6.07) is 1.65. The molecule has 122 valence electrons. The van der Waals surface area contributed by atoms with Crippen molar-refractivity contribution in [3.05, 3.63) is 18.0 Å². The van der Waals surface area contributed by atoms with Crippen molar-refractivity contribution >= 4 is 10.0 Å². The predicted molar refractivity (Wildman–Crippen MR) is 85.6 cm³/mol. The molecule has 0 fully saturated rings. The second kappa shape index (κ2) is 8.53. The summed E-state index contributed by atoms with van der Waals surface area (Å²) >= 11 is 0. The van der Waals surface area contributed by atoms with Crippen LogP contribution in [0.5, 0.6) is 0 Å². The third kappa shape index (κ3) is 5.10. The van der Waals surface area contributed by atoms with Crippen LogP contribution in [0.1, 0.15) is 32.9 Å². The molecule has 0 aliphatic heterocycles. The van der Waals surface area contributed by atoms with Gasteiger partial charge in [-0.05, 0) is 39.0 Å². The van der Waals surface area contributed by atoms with E-state index in [1.54, 1.807) is 12.3 Å². The quantitative estimate of drug-likeness (QED) is 0.631. The maximum absolute atomic E-state index is 12.2. The summed E-state index contributed by atoms with van der Waals surface area (Å²) in [7, 11) is -3.44. The fourth-order valence-electron chi connectivity index (χ4n) is 2.27. The molecule has 0 spiro atoms. The van der Waals surface area contributed by atoms with Gasteiger partial charge in [-0.15, -0.1) is 0 Å². The SMILES string of the molecule is CCN(CC)CCCNS(=O)(=O)c1cc(CN)n(CC)c1. The van der Waals surface area contributed by atoms with Crippen LogP contribution in [0.3, 0.4) is 0 Å². The van der Waals surface area contributed by atoms with E-state index in [1.165, 1.54) is 0 Å². The van der Waals surface area contributed by atoms with Crippen molar-refractivity contribution in [1.29, 1.82) is 0 Å². The van der Waals surface area contributed by atoms with Crippen LogP contribution in [0.4, 0.5) is 0 Å². The van der Waals surface area contributed by atoms with Crippen LogP contribution < -0.4 is 10.5 Å². The normalized spacial score (nSPS) is 12.2. The molecule has 1 aromatic rings. The first kappa shape index (κ1) is 18.2. The Morgan fingerprint density at radius 2 is 1.95 bits per heavy atom. The van der Waals surface area contributed by atoms with E-state index < -0.39 is 10.0 Å². The summed E-state index contributed by atoms with van der Waals surface area (Å²) in [6.07, 6.45) is 2.45. The third-order valence-electron chi connectivity index (χ3n) is 3.66. The number of nitrogens with one attached hydrogen (secondary N) is 1. The molecule has 21 heavy (non-hydrogen) atoms. The fourth-order valence-corrected chi connectivity index (χ4v) is 3.41. The minimum absolute atomic E-state index is 0.299. The van der Waals surface area contributed by atoms with Crippen molar-refractivity contribution in [3.63, 3.8) is 0 Å². The smallest absolute Gasteiger partial charge is 0.242 e. The van der Waals surface area contributed by atoms with Gasteiger partial charge >= 0.3 is 0 Å². The standard InChI is InChI=1S/C14H28N4O2S/c1-4-17(5-2)9-7-8-16-21(19,20)14-10-13(11-15)18(6-3)12-14/h10,12,16H,4-9,11,15H2,1-3H3. The van der Waals surface area contributed by atoms with E-state index >= 15 is 0 Å². The first-order valence-electron chi connectivity index (χ1n) is 7.59. The van der Waals surface area contributed by atoms with Crippen LogP contribution in [-0.2, 0) is 23.1 Å². The Morgan fingerprint density at radius 1 is 1.29 bits per heavy atom. The van der Waals surface area contributed by atoms with Gasteiger partial charge < -0.3 is 15.2 Å². The van der Waals surface area contributed by atoms with E-state index in [2.05, 4.69) is 23.5 Å². The zero-order chi connectivity index (χ0) is 15.9. The highest BCUT2D eigenvalue weighted by atomic mass is 32.2. The molecule has 0 unspecified atom stereocenters. The molecule has 0 radical (unpaired) electrons. The number of hydrogen-bond acceptors (Lipinski definition) is 4. The van der Waals surface area contributed by atoms with Gasteiger partial charge in [0, 0.05) is 31.5 Å². The van der Waals surface area contributed by atoms with Crippen molar-refractivity contribution in [3.8, 4) is 0 Å². The van der Waals surface area contributed by atoms with E-state index in [1.807, 2.05) is 11.5 Å². The van der Waals surface area contributed by atoms with Crippen molar-refractivity contribution in [2.45, 2.75) is 45.2 Å². The molecule has 0 bridgehead atoms. The average molecular weight is 316 g/mol. The van der Waals surface area contributed by atoms with Gasteiger partial charge in [-0.25, -0.2) is 13.1 Å². The average Bonchev–Trinajstić information content (AvgIpc) is 2.91. The highest BCUT2D eigenvalue weighted by molar-refractivity contribution is 7.89. The minimum Gasteiger partial charge on any atom is -0.349 e. The van der Waals surface area contributed by atoms with Gasteiger partial charge in [-0.1, -0.05) is 13.8 Å². The zero-order valence-corrected chi connectivity index (χ0v) is 14.1. The number of rotatable bonds is 10. The van der Waals surface area contributed by atoms with Gasteiger partial charge in [0.25, 0.3) is 0 Å². The summed E-state index contributed by atoms with van der Waals surface area (Å²) in [5, 5.41) is 0. The molecule has 0 atom stereocenters. The molecule has 1 aromatic heterocycles. The summed E-state index contributed by atoms with van der Waals surface area (Å²) in [5.41, 5.74) is 6.46. The lowest BCUT2D eigenvalue weighted by atomic mass is 10.4. The van der Waals surface area contributed by atoms with E-state index in [0.29, 0.717) is 24.5 Å². The third-order valence-corrected chi connectivity index (χ3v) is 5.09.